The number of hydrogen-bond donors (Lipinski definition) is 1. The first-order valence-corrected chi connectivity index (χ1v) is 13.3. The number of hydrogen-bond acceptors (Lipinski definition) is 7. The summed E-state index contributed by atoms with van der Waals surface area (Å²) in [7, 11) is 0. The maximum absolute atomic E-state index is 13.4. The van der Waals surface area contributed by atoms with Gasteiger partial charge in [-0.25, -0.2) is 4.98 Å². The number of aromatic nitrogens is 4. The third kappa shape index (κ3) is 5.26. The fourth-order valence-electron chi connectivity index (χ4n) is 4.98. The minimum absolute atomic E-state index is 0.246. The molecule has 6 rings (SSSR count). The summed E-state index contributed by atoms with van der Waals surface area (Å²) in [4.78, 5) is 29.0. The normalized spacial score (nSPS) is 13.6. The van der Waals surface area contributed by atoms with E-state index < -0.39 is 0 Å². The number of pyridine rings is 1. The van der Waals surface area contributed by atoms with Gasteiger partial charge in [0.05, 0.1) is 25.3 Å². The zero-order valence-electron chi connectivity index (χ0n) is 21.8. The molecule has 1 aliphatic heterocycles. The summed E-state index contributed by atoms with van der Waals surface area (Å²) in [5.41, 5.74) is 4.13. The van der Waals surface area contributed by atoms with E-state index in [-0.39, 0.29) is 11.6 Å². The molecule has 0 saturated carbocycles. The lowest BCUT2D eigenvalue weighted by Gasteiger charge is -2.27. The van der Waals surface area contributed by atoms with E-state index in [1.165, 1.54) is 10.9 Å². The molecule has 1 aliphatic rings. The Morgan fingerprint density at radius 2 is 1.79 bits per heavy atom. The van der Waals surface area contributed by atoms with E-state index in [0.29, 0.717) is 56.8 Å². The van der Waals surface area contributed by atoms with Crippen molar-refractivity contribution in [3.05, 3.63) is 84.3 Å². The van der Waals surface area contributed by atoms with Gasteiger partial charge in [0.25, 0.3) is 5.91 Å². The largest absolute Gasteiger partial charge is 0.477 e. The van der Waals surface area contributed by atoms with Crippen molar-refractivity contribution >= 4 is 39.3 Å². The second-order valence-corrected chi connectivity index (χ2v) is 9.36. The third-order valence-electron chi connectivity index (χ3n) is 6.90. The highest BCUT2D eigenvalue weighted by Crippen LogP contribution is 2.31. The molecule has 0 atom stereocenters. The van der Waals surface area contributed by atoms with Crippen LogP contribution in [0.25, 0.3) is 21.8 Å². The van der Waals surface area contributed by atoms with Gasteiger partial charge >= 0.3 is 0 Å². The molecule has 1 fully saturated rings. The predicted molar refractivity (Wildman–Crippen MR) is 152 cm³/mol. The molecule has 0 radical (unpaired) electrons. The van der Waals surface area contributed by atoms with Crippen LogP contribution < -0.4 is 15.0 Å². The van der Waals surface area contributed by atoms with E-state index in [0.717, 1.165) is 23.1 Å². The van der Waals surface area contributed by atoms with E-state index in [2.05, 4.69) is 56.0 Å². The van der Waals surface area contributed by atoms with Crippen LogP contribution in [0, 0.1) is 0 Å². The van der Waals surface area contributed by atoms with Crippen molar-refractivity contribution in [3.63, 3.8) is 0 Å². The number of benzene rings is 2. The number of ether oxygens (including phenoxy) is 2. The number of nitrogens with one attached hydrogen (secondary N) is 1. The van der Waals surface area contributed by atoms with Gasteiger partial charge in [0, 0.05) is 66.0 Å². The quantitative estimate of drug-likeness (QED) is 0.315. The molecular weight excluding hydrogens is 492 g/mol. The number of carbonyl (C=O) groups excluding carboxylic acids is 1. The van der Waals surface area contributed by atoms with Gasteiger partial charge in [-0.05, 0) is 37.3 Å². The molecule has 5 aromatic rings. The Balaban J connectivity index is 1.27. The number of para-hydroxylation sites is 1. The van der Waals surface area contributed by atoms with Crippen LogP contribution in [0.3, 0.4) is 0 Å². The van der Waals surface area contributed by atoms with Crippen molar-refractivity contribution in [3.8, 4) is 5.88 Å². The Morgan fingerprint density at radius 3 is 2.62 bits per heavy atom. The summed E-state index contributed by atoms with van der Waals surface area (Å²) in [6.07, 6.45) is 2.39. The smallest absolute Gasteiger partial charge is 0.274 e. The summed E-state index contributed by atoms with van der Waals surface area (Å²) in [6.45, 7) is 5.81. The highest BCUT2D eigenvalue weighted by Gasteiger charge is 2.20. The molecule has 198 valence electrons. The van der Waals surface area contributed by atoms with Crippen LogP contribution >= 0.6 is 0 Å². The molecule has 4 heterocycles. The monoisotopic (exact) mass is 522 g/mol. The van der Waals surface area contributed by atoms with Crippen molar-refractivity contribution in [1.29, 1.82) is 0 Å². The zero-order chi connectivity index (χ0) is 26.6. The summed E-state index contributed by atoms with van der Waals surface area (Å²) in [5, 5.41) is 5.39. The highest BCUT2D eigenvalue weighted by molar-refractivity contribution is 6.10. The van der Waals surface area contributed by atoms with E-state index >= 15 is 0 Å². The minimum Gasteiger partial charge on any atom is -0.477 e. The van der Waals surface area contributed by atoms with Gasteiger partial charge in [-0.3, -0.25) is 9.78 Å². The molecule has 2 aromatic carbocycles. The van der Waals surface area contributed by atoms with Gasteiger partial charge in [0.15, 0.2) is 0 Å². The Hall–Kier alpha value is -4.50. The van der Waals surface area contributed by atoms with Gasteiger partial charge in [-0.2, -0.15) is 4.98 Å². The Kier molecular flexibility index (Phi) is 7.05. The molecule has 1 saturated heterocycles. The number of nitrogens with zero attached hydrogens (tertiary/aromatic N) is 5. The van der Waals surface area contributed by atoms with Gasteiger partial charge in [-0.15, -0.1) is 0 Å². The molecule has 0 spiro atoms. The average molecular weight is 523 g/mol. The van der Waals surface area contributed by atoms with Crippen molar-refractivity contribution in [2.24, 2.45) is 0 Å². The number of aryl methyl sites for hydroxylation is 1. The van der Waals surface area contributed by atoms with Crippen molar-refractivity contribution in [1.82, 2.24) is 19.5 Å². The topological polar surface area (TPSA) is 94.4 Å². The summed E-state index contributed by atoms with van der Waals surface area (Å²) < 4.78 is 13.7. The van der Waals surface area contributed by atoms with Gasteiger partial charge in [0.2, 0.25) is 11.8 Å². The number of rotatable bonds is 8. The van der Waals surface area contributed by atoms with Crippen LogP contribution in [0.15, 0.2) is 72.9 Å². The summed E-state index contributed by atoms with van der Waals surface area (Å²) in [6, 6.07) is 21.7. The van der Waals surface area contributed by atoms with E-state index in [1.54, 1.807) is 12.3 Å². The first kappa shape index (κ1) is 24.8. The molecule has 0 aliphatic carbocycles. The molecule has 1 N–H and O–H groups in total. The first-order valence-electron chi connectivity index (χ1n) is 13.3. The standard InChI is InChI=1S/C30H30N6O3/c1-2-36-26-9-4-3-8-23(26)24-11-10-22(19-27(24)36)32-29(37)25-20-28(39-16-12-21-7-5-6-13-31-21)34-30(33-25)35-14-17-38-18-15-35/h3-11,13,19-20H,2,12,14-18H2,1H3,(H,32,37). The SMILES string of the molecule is CCn1c2ccccc2c2ccc(NC(=O)c3cc(OCCc4ccccn4)nc(N4CCOCC4)n3)cc21. The van der Waals surface area contributed by atoms with E-state index in [9.17, 15) is 4.79 Å². The average Bonchev–Trinajstić information content (AvgIpc) is 3.31. The lowest BCUT2D eigenvalue weighted by molar-refractivity contribution is 0.102. The third-order valence-corrected chi connectivity index (χ3v) is 6.90. The summed E-state index contributed by atoms with van der Waals surface area (Å²) >= 11 is 0. The van der Waals surface area contributed by atoms with Crippen LogP contribution in [-0.4, -0.2) is 58.3 Å². The van der Waals surface area contributed by atoms with Crippen molar-refractivity contribution in [2.75, 3.05) is 43.1 Å². The fourth-order valence-corrected chi connectivity index (χ4v) is 4.98. The lowest BCUT2D eigenvalue weighted by Crippen LogP contribution is -2.37. The predicted octanol–water partition coefficient (Wildman–Crippen LogP) is 4.71. The molecular formula is C30H30N6O3. The number of morpholine rings is 1. The van der Waals surface area contributed by atoms with Gasteiger partial charge in [0.1, 0.15) is 5.69 Å². The second kappa shape index (κ2) is 11.1. The molecule has 0 unspecified atom stereocenters. The van der Waals surface area contributed by atoms with Gasteiger partial charge < -0.3 is 24.3 Å². The van der Waals surface area contributed by atoms with Crippen LogP contribution in [0.2, 0.25) is 0 Å². The molecule has 9 heteroatoms. The number of fused-ring (bicyclic) bond motifs is 3. The molecule has 3 aromatic heterocycles. The van der Waals surface area contributed by atoms with Crippen LogP contribution in [0.5, 0.6) is 5.88 Å². The van der Waals surface area contributed by atoms with Gasteiger partial charge in [-0.1, -0.05) is 30.3 Å². The van der Waals surface area contributed by atoms with Crippen molar-refractivity contribution in [2.45, 2.75) is 19.9 Å². The highest BCUT2D eigenvalue weighted by atomic mass is 16.5. The van der Waals surface area contributed by atoms with Crippen LogP contribution in [0.4, 0.5) is 11.6 Å². The summed E-state index contributed by atoms with van der Waals surface area (Å²) in [5.74, 6) is 0.495. The van der Waals surface area contributed by atoms with E-state index in [1.807, 2.05) is 41.3 Å². The minimum atomic E-state index is -0.319. The maximum Gasteiger partial charge on any atom is 0.274 e. The molecule has 9 nitrogen and oxygen atoms in total. The Morgan fingerprint density at radius 1 is 0.974 bits per heavy atom. The number of carbonyl (C=O) groups is 1. The number of anilines is 2. The Bertz CT molecular complexity index is 1610. The van der Waals surface area contributed by atoms with Crippen LogP contribution in [-0.2, 0) is 17.7 Å². The molecule has 0 bridgehead atoms. The number of amides is 1. The maximum atomic E-state index is 13.4. The molecule has 39 heavy (non-hydrogen) atoms. The van der Waals surface area contributed by atoms with Crippen LogP contribution in [0.1, 0.15) is 23.1 Å². The fraction of sp³-hybridized carbons (Fsp3) is 0.267. The lowest BCUT2D eigenvalue weighted by atomic mass is 10.1. The Labute approximate surface area is 226 Å². The second-order valence-electron chi connectivity index (χ2n) is 9.36. The zero-order valence-corrected chi connectivity index (χ0v) is 21.8. The first-order chi connectivity index (χ1) is 19.2. The van der Waals surface area contributed by atoms with Crippen molar-refractivity contribution < 1.29 is 14.3 Å². The van der Waals surface area contributed by atoms with E-state index in [4.69, 9.17) is 9.47 Å². The molecule has 1 amide bonds.